The zero-order valence-electron chi connectivity index (χ0n) is 16.2. The lowest BCUT2D eigenvalue weighted by atomic mass is 10.2. The minimum Gasteiger partial charge on any atom is -1.00 e. The number of carbonyl (C=O) groups excluding carboxylic acids is 1. The lowest BCUT2D eigenvalue weighted by molar-refractivity contribution is -0.118. The van der Waals surface area contributed by atoms with Crippen molar-refractivity contribution in [3.05, 3.63) is 17.7 Å². The Morgan fingerprint density at radius 1 is 1.37 bits per heavy atom. The van der Waals surface area contributed by atoms with Gasteiger partial charge in [-0.1, -0.05) is 24.3 Å². The molecule has 1 aromatic heterocycles. The fourth-order valence-electron chi connectivity index (χ4n) is 3.12. The summed E-state index contributed by atoms with van der Waals surface area (Å²) in [4.78, 5) is 21.7. The van der Waals surface area contributed by atoms with Crippen molar-refractivity contribution in [1.29, 1.82) is 0 Å². The third-order valence-electron chi connectivity index (χ3n) is 4.65. The van der Waals surface area contributed by atoms with Crippen LogP contribution in [0.1, 0.15) is 25.3 Å². The second kappa shape index (κ2) is 10.2. The first-order chi connectivity index (χ1) is 12.6. The average molecular weight is 413 g/mol. The van der Waals surface area contributed by atoms with Gasteiger partial charge in [0.05, 0.1) is 25.0 Å². The Morgan fingerprint density at radius 2 is 2.11 bits per heavy atom. The van der Waals surface area contributed by atoms with E-state index in [4.69, 9.17) is 14.5 Å². The topological polar surface area (TPSA) is 54.9 Å². The van der Waals surface area contributed by atoms with Crippen LogP contribution < -0.4 is 22.0 Å². The van der Waals surface area contributed by atoms with E-state index in [1.807, 2.05) is 24.0 Å². The summed E-state index contributed by atoms with van der Waals surface area (Å²) in [6.45, 7) is 8.95. The van der Waals surface area contributed by atoms with Gasteiger partial charge < -0.3 is 21.9 Å². The molecule has 1 amide bonds. The minimum atomic E-state index is 0. The van der Waals surface area contributed by atoms with Crippen LogP contribution in [0.25, 0.3) is 10.2 Å². The van der Waals surface area contributed by atoms with E-state index in [0.717, 1.165) is 65.9 Å². The Bertz CT molecular complexity index is 762. The zero-order chi connectivity index (χ0) is 18.5. The predicted octanol–water partition coefficient (Wildman–Crippen LogP) is 0.0826. The molecule has 1 aliphatic heterocycles. The van der Waals surface area contributed by atoms with Gasteiger partial charge in [-0.15, -0.1) is 0 Å². The summed E-state index contributed by atoms with van der Waals surface area (Å²) in [7, 11) is 1.65. The number of thiazole rings is 1. The van der Waals surface area contributed by atoms with Crippen molar-refractivity contribution in [3.8, 4) is 5.75 Å². The number of methoxy groups -OCH3 is 1. The summed E-state index contributed by atoms with van der Waals surface area (Å²) in [5, 5.41) is 0.763. The van der Waals surface area contributed by atoms with Crippen molar-refractivity contribution in [3.63, 3.8) is 0 Å². The van der Waals surface area contributed by atoms with Crippen molar-refractivity contribution < 1.29 is 26.7 Å². The van der Waals surface area contributed by atoms with Crippen molar-refractivity contribution in [2.24, 2.45) is 0 Å². The van der Waals surface area contributed by atoms with Gasteiger partial charge in [0, 0.05) is 32.6 Å². The molecule has 1 aromatic carbocycles. The van der Waals surface area contributed by atoms with Gasteiger partial charge in [-0.3, -0.25) is 14.6 Å². The van der Waals surface area contributed by atoms with Crippen molar-refractivity contribution in [2.75, 3.05) is 51.4 Å². The molecule has 3 rings (SSSR count). The predicted molar refractivity (Wildman–Crippen MR) is 105 cm³/mol. The van der Waals surface area contributed by atoms with Gasteiger partial charge in [0.15, 0.2) is 5.13 Å². The van der Waals surface area contributed by atoms with Gasteiger partial charge in [0.2, 0.25) is 5.91 Å². The quantitative estimate of drug-likeness (QED) is 0.644. The van der Waals surface area contributed by atoms with Crippen LogP contribution in [0.3, 0.4) is 0 Å². The van der Waals surface area contributed by atoms with Crippen molar-refractivity contribution >= 4 is 32.6 Å². The number of ether oxygens (including phenoxy) is 2. The highest BCUT2D eigenvalue weighted by atomic mass is 35.5. The number of benzene rings is 1. The summed E-state index contributed by atoms with van der Waals surface area (Å²) < 4.78 is 11.9. The SMILES string of the molecule is CCCC(=O)N(CCN1CCOCC1)c1nc2c(OC)ccc(C)c2s1.[Cl-]. The third-order valence-corrected chi connectivity index (χ3v) is 5.87. The molecule has 0 spiro atoms. The van der Waals surface area contributed by atoms with Crippen molar-refractivity contribution in [2.45, 2.75) is 26.7 Å². The number of hydrogen-bond acceptors (Lipinski definition) is 6. The Kier molecular flexibility index (Phi) is 8.28. The number of morpholine rings is 1. The number of fused-ring (bicyclic) bond motifs is 1. The first-order valence-electron chi connectivity index (χ1n) is 9.18. The Hall–Kier alpha value is -1.41. The summed E-state index contributed by atoms with van der Waals surface area (Å²) in [5.41, 5.74) is 1.99. The molecule has 0 aliphatic carbocycles. The molecule has 2 aromatic rings. The minimum absolute atomic E-state index is 0. The number of halogens is 1. The van der Waals surface area contributed by atoms with Crippen LogP contribution in [-0.4, -0.2) is 62.3 Å². The highest BCUT2D eigenvalue weighted by Gasteiger charge is 2.22. The first kappa shape index (κ1) is 21.9. The fraction of sp³-hybridized carbons (Fsp3) is 0.579. The number of carbonyl (C=O) groups is 1. The number of rotatable bonds is 7. The van der Waals surface area contributed by atoms with Gasteiger partial charge in [0.25, 0.3) is 0 Å². The van der Waals surface area contributed by atoms with Crippen molar-refractivity contribution in [1.82, 2.24) is 9.88 Å². The van der Waals surface area contributed by atoms with E-state index in [9.17, 15) is 4.79 Å². The molecular formula is C19H27ClN3O3S-. The summed E-state index contributed by atoms with van der Waals surface area (Å²) in [6.07, 6.45) is 1.37. The van der Waals surface area contributed by atoms with Gasteiger partial charge in [-0.05, 0) is 25.0 Å². The molecule has 0 bridgehead atoms. The number of aryl methyl sites for hydroxylation is 1. The standard InChI is InChI=1S/C19H27N3O3S.ClH/c1-4-5-16(23)22(9-8-21-10-12-25-13-11-21)19-20-17-15(24-3)7-6-14(2)18(17)26-19;/h6-7H,4-5,8-13H2,1-3H3;1H/p-1. The molecule has 8 heteroatoms. The maximum absolute atomic E-state index is 12.8. The van der Waals surface area contributed by atoms with Gasteiger partial charge in [-0.25, -0.2) is 4.98 Å². The van der Waals surface area contributed by atoms with Crippen LogP contribution in [0.4, 0.5) is 5.13 Å². The van der Waals surface area contributed by atoms with Crippen LogP contribution >= 0.6 is 11.3 Å². The molecule has 150 valence electrons. The Balaban J connectivity index is 0.00000261. The molecule has 27 heavy (non-hydrogen) atoms. The van der Waals surface area contributed by atoms with E-state index >= 15 is 0 Å². The maximum atomic E-state index is 12.8. The molecule has 1 fully saturated rings. The monoisotopic (exact) mass is 412 g/mol. The first-order valence-corrected chi connectivity index (χ1v) is 10.00. The zero-order valence-corrected chi connectivity index (χ0v) is 17.7. The number of amides is 1. The second-order valence-electron chi connectivity index (χ2n) is 6.51. The lowest BCUT2D eigenvalue weighted by Gasteiger charge is -2.29. The van der Waals surface area contributed by atoms with E-state index in [0.29, 0.717) is 13.0 Å². The molecule has 1 saturated heterocycles. The van der Waals surface area contributed by atoms with Crippen LogP contribution in [-0.2, 0) is 9.53 Å². The maximum Gasteiger partial charge on any atom is 0.228 e. The third kappa shape index (κ3) is 5.10. The van der Waals surface area contributed by atoms with Gasteiger partial charge in [0.1, 0.15) is 11.3 Å². The lowest BCUT2D eigenvalue weighted by Crippen LogP contribution is -3.00. The van der Waals surface area contributed by atoms with Crippen LogP contribution in [0.2, 0.25) is 0 Å². The average Bonchev–Trinajstić information content (AvgIpc) is 3.09. The van der Waals surface area contributed by atoms with E-state index in [1.54, 1.807) is 18.4 Å². The molecule has 2 heterocycles. The number of nitrogens with zero attached hydrogens (tertiary/aromatic N) is 3. The molecule has 0 atom stereocenters. The molecule has 0 radical (unpaired) electrons. The highest BCUT2D eigenvalue weighted by molar-refractivity contribution is 7.22. The van der Waals surface area contributed by atoms with E-state index < -0.39 is 0 Å². The number of hydrogen-bond donors (Lipinski definition) is 0. The largest absolute Gasteiger partial charge is 1.00 e. The molecule has 0 unspecified atom stereocenters. The molecule has 6 nitrogen and oxygen atoms in total. The number of aromatic nitrogens is 1. The second-order valence-corrected chi connectivity index (χ2v) is 7.49. The molecule has 0 saturated carbocycles. The molecule has 0 N–H and O–H groups in total. The van der Waals surface area contributed by atoms with Gasteiger partial charge >= 0.3 is 0 Å². The number of anilines is 1. The van der Waals surface area contributed by atoms with Crippen LogP contribution in [0, 0.1) is 6.92 Å². The van der Waals surface area contributed by atoms with Crippen LogP contribution in [0.15, 0.2) is 12.1 Å². The van der Waals surface area contributed by atoms with E-state index in [1.165, 1.54) is 0 Å². The summed E-state index contributed by atoms with van der Waals surface area (Å²) in [6, 6.07) is 3.97. The smallest absolute Gasteiger partial charge is 0.228 e. The normalized spacial score (nSPS) is 14.8. The summed E-state index contributed by atoms with van der Waals surface area (Å²) in [5.74, 6) is 0.889. The van der Waals surface area contributed by atoms with Gasteiger partial charge in [-0.2, -0.15) is 0 Å². The fourth-order valence-corrected chi connectivity index (χ4v) is 4.22. The molecular weight excluding hydrogens is 386 g/mol. The Morgan fingerprint density at radius 3 is 2.78 bits per heavy atom. The Labute approximate surface area is 170 Å². The van der Waals surface area contributed by atoms with Crippen LogP contribution in [0.5, 0.6) is 5.75 Å². The highest BCUT2D eigenvalue weighted by Crippen LogP contribution is 2.36. The molecule has 1 aliphatic rings. The summed E-state index contributed by atoms with van der Waals surface area (Å²) >= 11 is 1.57. The van der Waals surface area contributed by atoms with E-state index in [2.05, 4.69) is 11.8 Å². The van der Waals surface area contributed by atoms with E-state index in [-0.39, 0.29) is 18.3 Å².